The fourth-order valence-electron chi connectivity index (χ4n) is 0.817. The lowest BCUT2D eigenvalue weighted by Gasteiger charge is -2.06. The van der Waals surface area contributed by atoms with E-state index < -0.39 is 6.10 Å². The van der Waals surface area contributed by atoms with E-state index in [1.165, 1.54) is 6.20 Å². The number of nitrogens with two attached hydrogens (primary N) is 1. The molecule has 11 heavy (non-hydrogen) atoms. The summed E-state index contributed by atoms with van der Waals surface area (Å²) in [7, 11) is 1.73. The van der Waals surface area contributed by atoms with E-state index in [1.54, 1.807) is 11.6 Å². The molecule has 5 heteroatoms. The molecule has 1 atom stereocenters. The number of halogens is 1. The Balaban J connectivity index is 2.94. The van der Waals surface area contributed by atoms with Gasteiger partial charge in [-0.05, 0) is 0 Å². The van der Waals surface area contributed by atoms with Crippen LogP contribution in [-0.4, -0.2) is 21.2 Å². The Hall–Kier alpha value is -0.580. The van der Waals surface area contributed by atoms with Gasteiger partial charge < -0.3 is 15.4 Å². The fourth-order valence-corrected chi connectivity index (χ4v) is 0.952. The maximum Gasteiger partial charge on any atom is 0.139 e. The predicted octanol–water partition coefficient (Wildman–Crippen LogP) is 0.0656. The lowest BCUT2D eigenvalue weighted by Crippen LogP contribution is -2.15. The molecule has 1 aromatic heterocycles. The summed E-state index contributed by atoms with van der Waals surface area (Å²) in [5, 5.41) is 9.75. The topological polar surface area (TPSA) is 64.1 Å². The van der Waals surface area contributed by atoms with E-state index in [9.17, 15) is 5.11 Å². The molecule has 0 aliphatic carbocycles. The van der Waals surface area contributed by atoms with Crippen LogP contribution in [0.25, 0.3) is 0 Å². The van der Waals surface area contributed by atoms with Crippen LogP contribution in [0.5, 0.6) is 0 Å². The predicted molar refractivity (Wildman–Crippen MR) is 42.2 cm³/mol. The summed E-state index contributed by atoms with van der Waals surface area (Å²) in [5.41, 5.74) is 5.24. The Labute approximate surface area is 69.6 Å². The molecule has 0 fully saturated rings. The van der Waals surface area contributed by atoms with E-state index in [4.69, 9.17) is 17.3 Å². The van der Waals surface area contributed by atoms with Gasteiger partial charge in [-0.25, -0.2) is 4.98 Å². The molecule has 0 spiro atoms. The van der Waals surface area contributed by atoms with Gasteiger partial charge in [-0.15, -0.1) is 0 Å². The second-order valence-corrected chi connectivity index (χ2v) is 2.64. The molecule has 1 unspecified atom stereocenters. The van der Waals surface area contributed by atoms with Crippen molar-refractivity contribution < 1.29 is 5.11 Å². The molecule has 62 valence electrons. The first kappa shape index (κ1) is 8.52. The molecule has 1 heterocycles. The van der Waals surface area contributed by atoms with Crippen LogP contribution < -0.4 is 5.73 Å². The lowest BCUT2D eigenvalue weighted by molar-refractivity contribution is 0.173. The highest BCUT2D eigenvalue weighted by Crippen LogP contribution is 2.14. The maximum atomic E-state index is 9.26. The summed E-state index contributed by atoms with van der Waals surface area (Å²) in [6.45, 7) is 0.154. The Morgan fingerprint density at radius 3 is 2.91 bits per heavy atom. The van der Waals surface area contributed by atoms with Crippen LogP contribution in [0.3, 0.4) is 0 Å². The minimum Gasteiger partial charge on any atom is -0.384 e. The van der Waals surface area contributed by atoms with Crippen molar-refractivity contribution in [3.63, 3.8) is 0 Å². The third-order valence-electron chi connectivity index (χ3n) is 1.49. The second kappa shape index (κ2) is 3.21. The van der Waals surface area contributed by atoms with E-state index in [1.807, 2.05) is 0 Å². The first-order valence-corrected chi connectivity index (χ1v) is 3.60. The lowest BCUT2D eigenvalue weighted by atomic mass is 10.3. The van der Waals surface area contributed by atoms with Gasteiger partial charge in [0, 0.05) is 13.6 Å². The number of hydrogen-bond acceptors (Lipinski definition) is 3. The number of imidazole rings is 1. The third kappa shape index (κ3) is 1.53. The molecule has 1 aromatic rings. The third-order valence-corrected chi connectivity index (χ3v) is 1.84. The Bertz CT molecular complexity index is 248. The van der Waals surface area contributed by atoms with Crippen LogP contribution in [0, 0.1) is 0 Å². The molecule has 0 radical (unpaired) electrons. The zero-order valence-corrected chi connectivity index (χ0v) is 6.91. The number of aromatic nitrogens is 2. The first-order valence-electron chi connectivity index (χ1n) is 3.22. The Kier molecular flexibility index (Phi) is 2.49. The van der Waals surface area contributed by atoms with Crippen LogP contribution >= 0.6 is 11.6 Å². The number of rotatable bonds is 2. The molecule has 1 rings (SSSR count). The van der Waals surface area contributed by atoms with Crippen molar-refractivity contribution in [1.29, 1.82) is 0 Å². The van der Waals surface area contributed by atoms with Crippen molar-refractivity contribution >= 4 is 11.6 Å². The number of hydrogen-bond donors (Lipinski definition) is 2. The molecule has 0 aromatic carbocycles. The first-order chi connectivity index (χ1) is 5.16. The molecular weight excluding hydrogens is 166 g/mol. The quantitative estimate of drug-likeness (QED) is 0.669. The molecule has 0 aliphatic rings. The zero-order valence-electron chi connectivity index (χ0n) is 6.16. The Morgan fingerprint density at radius 2 is 2.55 bits per heavy atom. The Morgan fingerprint density at radius 1 is 1.91 bits per heavy atom. The van der Waals surface area contributed by atoms with E-state index in [-0.39, 0.29) is 6.54 Å². The standard InChI is InChI=1S/C6H10ClN3O/c1-10-5(7)3-9-6(10)4(11)2-8/h3-4,11H,2,8H2,1H3. The van der Waals surface area contributed by atoms with E-state index >= 15 is 0 Å². The molecule has 0 bridgehead atoms. The van der Waals surface area contributed by atoms with Crippen LogP contribution in [0.2, 0.25) is 5.15 Å². The van der Waals surface area contributed by atoms with Gasteiger partial charge in [0.25, 0.3) is 0 Å². The molecule has 4 nitrogen and oxygen atoms in total. The van der Waals surface area contributed by atoms with Gasteiger partial charge in [0.2, 0.25) is 0 Å². The highest BCUT2D eigenvalue weighted by molar-refractivity contribution is 6.29. The fraction of sp³-hybridized carbons (Fsp3) is 0.500. The molecule has 0 saturated heterocycles. The minimum atomic E-state index is -0.729. The smallest absolute Gasteiger partial charge is 0.139 e. The van der Waals surface area contributed by atoms with Crippen molar-refractivity contribution in [3.8, 4) is 0 Å². The average molecular weight is 176 g/mol. The minimum absolute atomic E-state index is 0.154. The normalized spacial score (nSPS) is 13.5. The summed E-state index contributed by atoms with van der Waals surface area (Å²) in [6.07, 6.45) is 0.753. The maximum absolute atomic E-state index is 9.26. The molecule has 0 saturated carbocycles. The van der Waals surface area contributed by atoms with Crippen molar-refractivity contribution in [2.75, 3.05) is 6.54 Å². The van der Waals surface area contributed by atoms with Crippen LogP contribution in [0.1, 0.15) is 11.9 Å². The van der Waals surface area contributed by atoms with E-state index in [2.05, 4.69) is 4.98 Å². The summed E-state index contributed by atoms with van der Waals surface area (Å²) in [4.78, 5) is 3.89. The van der Waals surface area contributed by atoms with Gasteiger partial charge >= 0.3 is 0 Å². The van der Waals surface area contributed by atoms with Gasteiger partial charge in [0.05, 0.1) is 6.20 Å². The monoisotopic (exact) mass is 175 g/mol. The van der Waals surface area contributed by atoms with E-state index in [0.717, 1.165) is 0 Å². The van der Waals surface area contributed by atoms with Gasteiger partial charge in [-0.1, -0.05) is 11.6 Å². The molecule has 0 aliphatic heterocycles. The SMILES string of the molecule is Cn1c(Cl)cnc1C(O)CN. The summed E-state index contributed by atoms with van der Waals surface area (Å²) in [6, 6.07) is 0. The number of aliphatic hydroxyl groups excluding tert-OH is 1. The number of nitrogens with zero attached hydrogens (tertiary/aromatic N) is 2. The largest absolute Gasteiger partial charge is 0.384 e. The van der Waals surface area contributed by atoms with Gasteiger partial charge in [-0.2, -0.15) is 0 Å². The van der Waals surface area contributed by atoms with E-state index in [0.29, 0.717) is 11.0 Å². The highest BCUT2D eigenvalue weighted by atomic mass is 35.5. The summed E-state index contributed by atoms with van der Waals surface area (Å²) in [5.74, 6) is 0.498. The summed E-state index contributed by atoms with van der Waals surface area (Å²) < 4.78 is 1.60. The van der Waals surface area contributed by atoms with Crippen molar-refractivity contribution in [2.24, 2.45) is 12.8 Å². The summed E-state index contributed by atoms with van der Waals surface area (Å²) >= 11 is 5.68. The van der Waals surface area contributed by atoms with Crippen LogP contribution in [-0.2, 0) is 7.05 Å². The molecular formula is C6H10ClN3O. The van der Waals surface area contributed by atoms with Gasteiger partial charge in [0.15, 0.2) is 0 Å². The van der Waals surface area contributed by atoms with Crippen molar-refractivity contribution in [2.45, 2.75) is 6.10 Å². The second-order valence-electron chi connectivity index (χ2n) is 2.25. The van der Waals surface area contributed by atoms with Crippen molar-refractivity contribution in [3.05, 3.63) is 17.2 Å². The van der Waals surface area contributed by atoms with Gasteiger partial charge in [-0.3, -0.25) is 0 Å². The number of aliphatic hydroxyl groups is 1. The zero-order chi connectivity index (χ0) is 8.43. The average Bonchev–Trinajstić information content (AvgIpc) is 2.32. The van der Waals surface area contributed by atoms with Crippen molar-refractivity contribution in [1.82, 2.24) is 9.55 Å². The van der Waals surface area contributed by atoms with Gasteiger partial charge in [0.1, 0.15) is 17.1 Å². The highest BCUT2D eigenvalue weighted by Gasteiger charge is 2.11. The van der Waals surface area contributed by atoms with Crippen LogP contribution in [0.15, 0.2) is 6.20 Å². The van der Waals surface area contributed by atoms with Crippen LogP contribution in [0.4, 0.5) is 0 Å². The molecule has 3 N–H and O–H groups in total. The molecule has 0 amide bonds.